The molecule has 1 aliphatic heterocycles. The average molecular weight is 336 g/mol. The third-order valence-electron chi connectivity index (χ3n) is 3.00. The summed E-state index contributed by atoms with van der Waals surface area (Å²) in [5.41, 5.74) is -5.14. The van der Waals surface area contributed by atoms with Gasteiger partial charge < -0.3 is 8.92 Å². The number of hydrogen-bond acceptors (Lipinski definition) is 5. The molecule has 1 atom stereocenters. The van der Waals surface area contributed by atoms with E-state index in [2.05, 4.69) is 4.18 Å². The second-order valence-electron chi connectivity index (χ2n) is 4.53. The van der Waals surface area contributed by atoms with E-state index in [0.717, 1.165) is 6.92 Å². The number of esters is 1. The van der Waals surface area contributed by atoms with Crippen LogP contribution >= 0.6 is 0 Å². The Hall–Kier alpha value is -2.03. The van der Waals surface area contributed by atoms with E-state index in [4.69, 9.17) is 4.74 Å². The summed E-state index contributed by atoms with van der Waals surface area (Å²) in [6, 6.07) is 8.54. The third-order valence-corrected chi connectivity index (χ3v) is 4.04. The molecule has 0 N–H and O–H groups in total. The Morgan fingerprint density at radius 3 is 2.41 bits per heavy atom. The Morgan fingerprint density at radius 1 is 1.27 bits per heavy atom. The molecule has 0 saturated carbocycles. The fourth-order valence-electron chi connectivity index (χ4n) is 1.91. The molecule has 5 nitrogen and oxygen atoms in total. The van der Waals surface area contributed by atoms with E-state index in [-0.39, 0.29) is 12.0 Å². The molecule has 22 heavy (non-hydrogen) atoms. The quantitative estimate of drug-likeness (QED) is 0.279. The standard InChI is InChI=1S/C13H11F3O5S/c1-8(21-22(18,19)13(14,15)16)10-7-11(20-12(10)17)9-5-3-2-4-6-9/h2-6,11H,7H2,1H3/b10-8-. The Labute approximate surface area is 124 Å². The van der Waals surface area contributed by atoms with Gasteiger partial charge >= 0.3 is 21.6 Å². The molecular weight excluding hydrogens is 325 g/mol. The first kappa shape index (κ1) is 16.3. The smallest absolute Gasteiger partial charge is 0.454 e. The number of alkyl halides is 3. The predicted octanol–water partition coefficient (Wildman–Crippen LogP) is 2.81. The Morgan fingerprint density at radius 2 is 1.86 bits per heavy atom. The maximum absolute atomic E-state index is 12.3. The molecular formula is C13H11F3O5S. The molecule has 1 unspecified atom stereocenters. The molecule has 0 amide bonds. The minimum absolute atomic E-state index is 0.0674. The summed E-state index contributed by atoms with van der Waals surface area (Å²) in [5, 5.41) is 0. The van der Waals surface area contributed by atoms with Crippen LogP contribution in [0.5, 0.6) is 0 Å². The van der Waals surface area contributed by atoms with Crippen molar-refractivity contribution in [2.45, 2.75) is 25.0 Å². The summed E-state index contributed by atoms with van der Waals surface area (Å²) in [5.74, 6) is -1.54. The number of rotatable bonds is 3. The molecule has 1 fully saturated rings. The third kappa shape index (κ3) is 3.24. The summed E-state index contributed by atoms with van der Waals surface area (Å²) in [7, 11) is -5.81. The fourth-order valence-corrected chi connectivity index (χ4v) is 2.44. The minimum Gasteiger partial charge on any atom is -0.454 e. The molecule has 0 aromatic heterocycles. The summed E-state index contributed by atoms with van der Waals surface area (Å²) in [6.07, 6.45) is -0.752. The summed E-state index contributed by atoms with van der Waals surface area (Å²) >= 11 is 0. The molecule has 0 bridgehead atoms. The van der Waals surface area contributed by atoms with Crippen molar-refractivity contribution in [1.82, 2.24) is 0 Å². The van der Waals surface area contributed by atoms with E-state index in [1.807, 2.05) is 0 Å². The maximum atomic E-state index is 12.3. The van der Waals surface area contributed by atoms with Crippen LogP contribution in [0, 0.1) is 0 Å². The van der Waals surface area contributed by atoms with Crippen LogP contribution in [-0.4, -0.2) is 19.9 Å². The fraction of sp³-hybridized carbons (Fsp3) is 0.308. The molecule has 120 valence electrons. The van der Waals surface area contributed by atoms with Crippen LogP contribution in [0.4, 0.5) is 13.2 Å². The first-order valence-corrected chi connectivity index (χ1v) is 7.49. The molecule has 1 heterocycles. The highest BCUT2D eigenvalue weighted by Crippen LogP contribution is 2.36. The Bertz CT molecular complexity index is 707. The molecule has 1 aromatic carbocycles. The number of carbonyl (C=O) groups is 1. The summed E-state index contributed by atoms with van der Waals surface area (Å²) in [4.78, 5) is 11.7. The SMILES string of the molecule is C/C(OS(=O)(=O)C(F)(F)F)=C1\CC(c2ccccc2)OC1=O. The van der Waals surface area contributed by atoms with Crippen LogP contribution in [0.3, 0.4) is 0 Å². The van der Waals surface area contributed by atoms with Crippen LogP contribution in [0.25, 0.3) is 0 Å². The van der Waals surface area contributed by atoms with E-state index in [0.29, 0.717) is 5.56 Å². The van der Waals surface area contributed by atoms with Crippen molar-refractivity contribution < 1.29 is 35.3 Å². The van der Waals surface area contributed by atoms with E-state index in [1.54, 1.807) is 30.3 Å². The first-order valence-electron chi connectivity index (χ1n) is 6.08. The molecule has 1 aromatic rings. The predicted molar refractivity (Wildman–Crippen MR) is 68.7 cm³/mol. The highest BCUT2D eigenvalue weighted by atomic mass is 32.2. The monoisotopic (exact) mass is 336 g/mol. The van der Waals surface area contributed by atoms with Crippen LogP contribution < -0.4 is 0 Å². The molecule has 9 heteroatoms. The number of ether oxygens (including phenoxy) is 1. The highest BCUT2D eigenvalue weighted by Gasteiger charge is 2.49. The summed E-state index contributed by atoms with van der Waals surface area (Å²) < 4.78 is 67.7. The van der Waals surface area contributed by atoms with Gasteiger partial charge in [-0.1, -0.05) is 30.3 Å². The zero-order chi connectivity index (χ0) is 16.5. The highest BCUT2D eigenvalue weighted by molar-refractivity contribution is 7.87. The van der Waals surface area contributed by atoms with Gasteiger partial charge in [0.2, 0.25) is 0 Å². The number of cyclic esters (lactones) is 1. The van der Waals surface area contributed by atoms with E-state index < -0.39 is 33.5 Å². The zero-order valence-corrected chi connectivity index (χ0v) is 12.1. The Kier molecular flexibility index (Phi) is 4.19. The van der Waals surface area contributed by atoms with Crippen molar-refractivity contribution in [3.05, 3.63) is 47.2 Å². The van der Waals surface area contributed by atoms with Gasteiger partial charge in [-0.2, -0.15) is 21.6 Å². The van der Waals surface area contributed by atoms with Gasteiger partial charge in [0.1, 0.15) is 11.9 Å². The van der Waals surface area contributed by atoms with Crippen LogP contribution in [-0.2, 0) is 23.8 Å². The molecule has 1 saturated heterocycles. The topological polar surface area (TPSA) is 69.7 Å². The van der Waals surface area contributed by atoms with Crippen molar-refractivity contribution in [3.63, 3.8) is 0 Å². The maximum Gasteiger partial charge on any atom is 0.534 e. The van der Waals surface area contributed by atoms with Gasteiger partial charge in [0.05, 0.1) is 5.57 Å². The van der Waals surface area contributed by atoms with Crippen LogP contribution in [0.2, 0.25) is 0 Å². The van der Waals surface area contributed by atoms with Crippen molar-refractivity contribution in [2.24, 2.45) is 0 Å². The van der Waals surface area contributed by atoms with Gasteiger partial charge in [0, 0.05) is 6.42 Å². The number of halogens is 3. The van der Waals surface area contributed by atoms with Crippen molar-refractivity contribution in [2.75, 3.05) is 0 Å². The summed E-state index contributed by atoms with van der Waals surface area (Å²) in [6.45, 7) is 0.979. The lowest BCUT2D eigenvalue weighted by atomic mass is 10.0. The number of carbonyl (C=O) groups excluding carboxylic acids is 1. The zero-order valence-electron chi connectivity index (χ0n) is 11.3. The molecule has 0 spiro atoms. The van der Waals surface area contributed by atoms with Gasteiger partial charge in [-0.05, 0) is 12.5 Å². The number of benzene rings is 1. The van der Waals surface area contributed by atoms with Gasteiger partial charge in [-0.15, -0.1) is 0 Å². The molecule has 2 rings (SSSR count). The largest absolute Gasteiger partial charge is 0.534 e. The van der Waals surface area contributed by atoms with E-state index >= 15 is 0 Å². The van der Waals surface area contributed by atoms with Gasteiger partial charge in [0.25, 0.3) is 0 Å². The lowest BCUT2D eigenvalue weighted by Gasteiger charge is -2.10. The molecule has 0 radical (unpaired) electrons. The second-order valence-corrected chi connectivity index (χ2v) is 6.06. The number of hydrogen-bond donors (Lipinski definition) is 0. The van der Waals surface area contributed by atoms with Gasteiger partial charge in [-0.25, -0.2) is 4.79 Å². The van der Waals surface area contributed by atoms with Crippen molar-refractivity contribution in [3.8, 4) is 0 Å². The Balaban J connectivity index is 2.24. The first-order chi connectivity index (χ1) is 10.1. The average Bonchev–Trinajstić information content (AvgIpc) is 2.80. The lowest BCUT2D eigenvalue weighted by Crippen LogP contribution is -2.25. The van der Waals surface area contributed by atoms with Crippen LogP contribution in [0.15, 0.2) is 41.7 Å². The van der Waals surface area contributed by atoms with Crippen molar-refractivity contribution >= 4 is 16.1 Å². The van der Waals surface area contributed by atoms with E-state index in [1.165, 1.54) is 0 Å². The van der Waals surface area contributed by atoms with Crippen molar-refractivity contribution in [1.29, 1.82) is 0 Å². The number of allylic oxidation sites excluding steroid dienone is 1. The van der Waals surface area contributed by atoms with Crippen LogP contribution in [0.1, 0.15) is 25.0 Å². The van der Waals surface area contributed by atoms with E-state index in [9.17, 15) is 26.4 Å². The second kappa shape index (κ2) is 5.64. The minimum atomic E-state index is -5.81. The van der Waals surface area contributed by atoms with Gasteiger partial charge in [-0.3, -0.25) is 0 Å². The molecule has 1 aliphatic rings. The lowest BCUT2D eigenvalue weighted by molar-refractivity contribution is -0.139. The molecule has 0 aliphatic carbocycles. The van der Waals surface area contributed by atoms with Gasteiger partial charge in [0.15, 0.2) is 0 Å². The normalized spacial score (nSPS) is 21.5.